The molecule has 0 fully saturated rings. The van der Waals surface area contributed by atoms with Gasteiger partial charge in [0, 0.05) is 12.0 Å². The van der Waals surface area contributed by atoms with E-state index >= 15 is 0 Å². The minimum Gasteiger partial charge on any atom is -0.480 e. The van der Waals surface area contributed by atoms with Crippen LogP contribution in [0.1, 0.15) is 48.3 Å². The van der Waals surface area contributed by atoms with Crippen molar-refractivity contribution >= 4 is 28.6 Å². The van der Waals surface area contributed by atoms with Gasteiger partial charge in [-0.1, -0.05) is 54.6 Å². The van der Waals surface area contributed by atoms with Crippen molar-refractivity contribution in [3.8, 4) is 0 Å². The molecule has 0 saturated heterocycles. The lowest BCUT2D eigenvalue weighted by atomic mass is 10.0. The number of hydrogen-bond donors (Lipinski definition) is 3. The second kappa shape index (κ2) is 9.83. The maximum Gasteiger partial charge on any atom is 0.328 e. The molecule has 0 aliphatic heterocycles. The summed E-state index contributed by atoms with van der Waals surface area (Å²) in [6.07, 6.45) is 0.128. The molecule has 0 aliphatic rings. The van der Waals surface area contributed by atoms with Crippen molar-refractivity contribution in [2.75, 3.05) is 0 Å². The van der Waals surface area contributed by atoms with E-state index in [0.29, 0.717) is 5.56 Å². The van der Waals surface area contributed by atoms with E-state index in [1.165, 1.54) is 12.1 Å². The summed E-state index contributed by atoms with van der Waals surface area (Å²) in [6.45, 7) is 5.22. The smallest absolute Gasteiger partial charge is 0.328 e. The summed E-state index contributed by atoms with van der Waals surface area (Å²) in [6, 6.07) is 17.5. The quantitative estimate of drug-likeness (QED) is 0.475. The number of fused-ring (bicyclic) bond motifs is 1. The maximum absolute atomic E-state index is 12.8. The molecule has 0 radical (unpaired) electrons. The van der Waals surface area contributed by atoms with Crippen LogP contribution in [0.2, 0.25) is 0 Å². The number of aliphatic carboxylic acids is 1. The van der Waals surface area contributed by atoms with Crippen molar-refractivity contribution in [1.29, 1.82) is 0 Å². The zero-order chi connectivity index (χ0) is 24.2. The first-order chi connectivity index (χ1) is 15.5. The Morgan fingerprint density at radius 2 is 1.67 bits per heavy atom. The van der Waals surface area contributed by atoms with Gasteiger partial charge in [0.05, 0.1) is 0 Å². The first kappa shape index (κ1) is 23.9. The molecule has 7 heteroatoms. The number of rotatable bonds is 7. The van der Waals surface area contributed by atoms with Gasteiger partial charge in [0.25, 0.3) is 5.91 Å². The van der Waals surface area contributed by atoms with Gasteiger partial charge < -0.3 is 20.9 Å². The summed E-state index contributed by atoms with van der Waals surface area (Å²) >= 11 is 0. The molecular weight excluding hydrogens is 420 g/mol. The minimum absolute atomic E-state index is 0.128. The molecule has 3 aromatic rings. The number of amides is 1. The van der Waals surface area contributed by atoms with Crippen molar-refractivity contribution in [2.45, 2.75) is 44.9 Å². The Hall–Kier alpha value is -3.71. The molecule has 3 rings (SSSR count). The Balaban J connectivity index is 1.74. The fraction of sp³-hybridized carbons (Fsp3) is 0.269. The summed E-state index contributed by atoms with van der Waals surface area (Å²) in [7, 11) is 0. The molecule has 0 spiro atoms. The number of carboxylic acid groups (broad SMARTS) is 1. The number of ether oxygens (including phenoxy) is 1. The lowest BCUT2D eigenvalue weighted by molar-refractivity contribution is -0.156. The molecule has 3 aromatic carbocycles. The Labute approximate surface area is 192 Å². The fourth-order valence-corrected chi connectivity index (χ4v) is 3.42. The second-order valence-electron chi connectivity index (χ2n) is 8.89. The van der Waals surface area contributed by atoms with Crippen LogP contribution >= 0.6 is 0 Å². The number of hydrogen-bond acceptors (Lipinski definition) is 5. The third-order valence-corrected chi connectivity index (χ3v) is 5.03. The number of nitrogens with one attached hydrogen (secondary N) is 1. The Kier molecular flexibility index (Phi) is 7.13. The van der Waals surface area contributed by atoms with Crippen LogP contribution in [0.5, 0.6) is 0 Å². The predicted octanol–water partition coefficient (Wildman–Crippen LogP) is 3.61. The summed E-state index contributed by atoms with van der Waals surface area (Å²) in [5, 5.41) is 14.3. The van der Waals surface area contributed by atoms with E-state index in [1.807, 2.05) is 42.5 Å². The molecule has 172 valence electrons. The minimum atomic E-state index is -1.14. The van der Waals surface area contributed by atoms with Crippen LogP contribution in [-0.4, -0.2) is 34.6 Å². The van der Waals surface area contributed by atoms with E-state index in [2.05, 4.69) is 5.32 Å². The van der Waals surface area contributed by atoms with E-state index in [1.54, 1.807) is 32.9 Å². The fourth-order valence-electron chi connectivity index (χ4n) is 3.42. The number of carbonyl (C=O) groups excluding carboxylic acids is 2. The van der Waals surface area contributed by atoms with Gasteiger partial charge in [-0.15, -0.1) is 0 Å². The highest BCUT2D eigenvalue weighted by Gasteiger charge is 2.25. The number of carboxylic acids is 1. The van der Waals surface area contributed by atoms with E-state index in [9.17, 15) is 19.5 Å². The molecule has 1 amide bonds. The first-order valence-electron chi connectivity index (χ1n) is 10.6. The lowest BCUT2D eigenvalue weighted by Gasteiger charge is -2.22. The highest BCUT2D eigenvalue weighted by molar-refractivity contribution is 5.97. The summed E-state index contributed by atoms with van der Waals surface area (Å²) in [5.41, 5.74) is 6.72. The van der Waals surface area contributed by atoms with Crippen LogP contribution in [0.25, 0.3) is 10.8 Å². The van der Waals surface area contributed by atoms with Crippen molar-refractivity contribution in [3.63, 3.8) is 0 Å². The van der Waals surface area contributed by atoms with Gasteiger partial charge in [-0.25, -0.2) is 9.59 Å². The number of benzene rings is 3. The number of nitrogens with two attached hydrogens (primary N) is 1. The Bertz CT molecular complexity index is 1180. The lowest BCUT2D eigenvalue weighted by Crippen LogP contribution is -2.42. The highest BCUT2D eigenvalue weighted by Crippen LogP contribution is 2.19. The Morgan fingerprint density at radius 3 is 2.33 bits per heavy atom. The maximum atomic E-state index is 12.8. The van der Waals surface area contributed by atoms with E-state index in [4.69, 9.17) is 10.5 Å². The van der Waals surface area contributed by atoms with Gasteiger partial charge in [0.2, 0.25) is 0 Å². The van der Waals surface area contributed by atoms with Crippen molar-refractivity contribution in [1.82, 2.24) is 5.32 Å². The largest absolute Gasteiger partial charge is 0.480 e. The molecule has 2 atom stereocenters. The molecule has 0 heterocycles. The summed E-state index contributed by atoms with van der Waals surface area (Å²) < 4.78 is 5.30. The molecule has 0 aromatic heterocycles. The summed E-state index contributed by atoms with van der Waals surface area (Å²) in [4.78, 5) is 36.9. The van der Waals surface area contributed by atoms with Gasteiger partial charge in [-0.3, -0.25) is 4.79 Å². The SMILES string of the molecule is CC(C)(C)OC(=O)C(N)c1cccc(C(=O)NC(Cc2ccc3ccccc3c2)C(=O)O)c1. The molecule has 0 saturated carbocycles. The van der Waals surface area contributed by atoms with Crippen LogP contribution in [0, 0.1) is 0 Å². The first-order valence-corrected chi connectivity index (χ1v) is 10.6. The third-order valence-electron chi connectivity index (χ3n) is 5.03. The summed E-state index contributed by atoms with van der Waals surface area (Å²) in [5.74, 6) is -2.32. The molecule has 2 unspecified atom stereocenters. The number of esters is 1. The predicted molar refractivity (Wildman–Crippen MR) is 126 cm³/mol. The van der Waals surface area contributed by atoms with Crippen LogP contribution in [0.15, 0.2) is 66.7 Å². The van der Waals surface area contributed by atoms with Crippen LogP contribution in [-0.2, 0) is 20.7 Å². The van der Waals surface area contributed by atoms with Crippen molar-refractivity contribution in [3.05, 3.63) is 83.4 Å². The van der Waals surface area contributed by atoms with E-state index < -0.39 is 35.5 Å². The third kappa shape index (κ3) is 6.40. The molecule has 4 N–H and O–H groups in total. The second-order valence-corrected chi connectivity index (χ2v) is 8.89. The zero-order valence-electron chi connectivity index (χ0n) is 18.9. The standard InChI is InChI=1S/C26H28N2O5/c1-26(2,3)33-25(32)22(27)19-9-6-10-20(15-19)23(29)28-21(24(30)31)14-16-11-12-17-7-4-5-8-18(17)13-16/h4-13,15,21-22H,14,27H2,1-3H3,(H,28,29)(H,30,31). The van der Waals surface area contributed by atoms with Crippen molar-refractivity contribution < 1.29 is 24.2 Å². The number of carbonyl (C=O) groups is 3. The molecular formula is C26H28N2O5. The van der Waals surface area contributed by atoms with Gasteiger partial charge in [-0.05, 0) is 54.8 Å². The van der Waals surface area contributed by atoms with E-state index in [-0.39, 0.29) is 12.0 Å². The Morgan fingerprint density at radius 1 is 0.970 bits per heavy atom. The molecule has 0 bridgehead atoms. The molecule has 33 heavy (non-hydrogen) atoms. The van der Waals surface area contributed by atoms with Crippen LogP contribution < -0.4 is 11.1 Å². The topological polar surface area (TPSA) is 119 Å². The van der Waals surface area contributed by atoms with Gasteiger partial charge in [0.15, 0.2) is 0 Å². The average molecular weight is 449 g/mol. The zero-order valence-corrected chi connectivity index (χ0v) is 18.9. The van der Waals surface area contributed by atoms with Gasteiger partial charge in [0.1, 0.15) is 17.7 Å². The normalized spacial score (nSPS) is 13.2. The van der Waals surface area contributed by atoms with Crippen LogP contribution in [0.3, 0.4) is 0 Å². The highest BCUT2D eigenvalue weighted by atomic mass is 16.6. The monoisotopic (exact) mass is 448 g/mol. The average Bonchev–Trinajstić information content (AvgIpc) is 2.76. The molecule has 0 aliphatic carbocycles. The van der Waals surface area contributed by atoms with Gasteiger partial charge in [-0.2, -0.15) is 0 Å². The van der Waals surface area contributed by atoms with Crippen LogP contribution in [0.4, 0.5) is 0 Å². The molecule has 7 nitrogen and oxygen atoms in total. The van der Waals surface area contributed by atoms with Gasteiger partial charge >= 0.3 is 11.9 Å². The van der Waals surface area contributed by atoms with Crippen molar-refractivity contribution in [2.24, 2.45) is 5.73 Å². The van der Waals surface area contributed by atoms with E-state index in [0.717, 1.165) is 16.3 Å².